The zero-order valence-corrected chi connectivity index (χ0v) is 9.85. The summed E-state index contributed by atoms with van der Waals surface area (Å²) in [7, 11) is 1.57. The van der Waals surface area contributed by atoms with Gasteiger partial charge in [-0.15, -0.1) is 0 Å². The summed E-state index contributed by atoms with van der Waals surface area (Å²) in [6.07, 6.45) is 0. The molecular weight excluding hydrogens is 224 g/mol. The summed E-state index contributed by atoms with van der Waals surface area (Å²) in [5.41, 5.74) is 5.63. The van der Waals surface area contributed by atoms with Crippen molar-refractivity contribution in [1.29, 1.82) is 0 Å². The van der Waals surface area contributed by atoms with E-state index >= 15 is 0 Å². The number of nitrogen functional groups attached to an aromatic ring is 1. The summed E-state index contributed by atoms with van der Waals surface area (Å²) in [6.45, 7) is 1.76. The molecule has 4 N–H and O–H groups in total. The largest absolute Gasteiger partial charge is 0.394 e. The maximum Gasteiger partial charge on any atom is 0.158 e. The van der Waals surface area contributed by atoms with Gasteiger partial charge in [-0.2, -0.15) is 0 Å². The van der Waals surface area contributed by atoms with E-state index in [1.807, 2.05) is 0 Å². The summed E-state index contributed by atoms with van der Waals surface area (Å²) >= 11 is 0. The SMILES string of the molecule is COCc1nc(N)cc(NCCOCCO)n1. The highest BCUT2D eigenvalue weighted by atomic mass is 16.5. The molecule has 0 spiro atoms. The topological polar surface area (TPSA) is 103 Å². The summed E-state index contributed by atoms with van der Waals surface area (Å²) in [4.78, 5) is 8.23. The van der Waals surface area contributed by atoms with Crippen molar-refractivity contribution in [3.8, 4) is 0 Å². The lowest BCUT2D eigenvalue weighted by molar-refractivity contribution is 0.0992. The van der Waals surface area contributed by atoms with Crippen molar-refractivity contribution in [2.75, 3.05) is 44.5 Å². The van der Waals surface area contributed by atoms with Crippen molar-refractivity contribution in [2.45, 2.75) is 6.61 Å². The minimum Gasteiger partial charge on any atom is -0.394 e. The average molecular weight is 242 g/mol. The highest BCUT2D eigenvalue weighted by Gasteiger charge is 2.01. The first kappa shape index (κ1) is 13.6. The quantitative estimate of drug-likeness (QED) is 0.534. The molecule has 0 atom stereocenters. The van der Waals surface area contributed by atoms with Crippen molar-refractivity contribution >= 4 is 11.6 Å². The predicted molar refractivity (Wildman–Crippen MR) is 63.6 cm³/mol. The number of nitrogens with zero attached hydrogens (tertiary/aromatic N) is 2. The lowest BCUT2D eigenvalue weighted by Gasteiger charge is -2.08. The number of hydrogen-bond donors (Lipinski definition) is 3. The molecule has 1 heterocycles. The molecule has 7 nitrogen and oxygen atoms in total. The molecule has 0 aromatic carbocycles. The first-order valence-corrected chi connectivity index (χ1v) is 5.31. The molecule has 0 fully saturated rings. The van der Waals surface area contributed by atoms with E-state index in [9.17, 15) is 0 Å². The molecule has 1 aromatic heterocycles. The molecule has 7 heteroatoms. The Kier molecular flexibility index (Phi) is 6.23. The van der Waals surface area contributed by atoms with E-state index in [-0.39, 0.29) is 6.61 Å². The van der Waals surface area contributed by atoms with Gasteiger partial charge in [0, 0.05) is 19.7 Å². The van der Waals surface area contributed by atoms with Gasteiger partial charge in [0.2, 0.25) is 0 Å². The molecule has 0 aliphatic carbocycles. The normalized spacial score (nSPS) is 10.5. The van der Waals surface area contributed by atoms with E-state index in [2.05, 4.69) is 15.3 Å². The third kappa shape index (κ3) is 5.43. The highest BCUT2D eigenvalue weighted by Crippen LogP contribution is 2.08. The molecule has 17 heavy (non-hydrogen) atoms. The van der Waals surface area contributed by atoms with Crippen LogP contribution in [0.15, 0.2) is 6.07 Å². The first-order valence-electron chi connectivity index (χ1n) is 5.31. The Balaban J connectivity index is 2.41. The van der Waals surface area contributed by atoms with Crippen LogP contribution in [0.5, 0.6) is 0 Å². The van der Waals surface area contributed by atoms with Gasteiger partial charge in [-0.25, -0.2) is 9.97 Å². The maximum atomic E-state index is 8.52. The Labute approximate surface area is 100.0 Å². The zero-order chi connectivity index (χ0) is 12.5. The van der Waals surface area contributed by atoms with Gasteiger partial charge in [-0.05, 0) is 0 Å². The van der Waals surface area contributed by atoms with Gasteiger partial charge in [0.05, 0.1) is 19.8 Å². The van der Waals surface area contributed by atoms with Crippen molar-refractivity contribution in [3.63, 3.8) is 0 Å². The molecule has 0 aliphatic heterocycles. The number of aliphatic hydroxyl groups is 1. The number of hydrogen-bond acceptors (Lipinski definition) is 7. The van der Waals surface area contributed by atoms with Gasteiger partial charge in [0.15, 0.2) is 5.82 Å². The number of methoxy groups -OCH3 is 1. The second-order valence-electron chi connectivity index (χ2n) is 3.29. The standard InChI is InChI=1S/C10H18N4O3/c1-16-7-10-13-8(11)6-9(14-10)12-2-4-17-5-3-15/h6,15H,2-5,7H2,1H3,(H3,11,12,13,14). The number of nitrogens with two attached hydrogens (primary N) is 1. The third-order valence-corrected chi connectivity index (χ3v) is 1.85. The van der Waals surface area contributed by atoms with Crippen LogP contribution in [0.2, 0.25) is 0 Å². The summed E-state index contributed by atoms with van der Waals surface area (Å²) in [5.74, 6) is 1.56. The fraction of sp³-hybridized carbons (Fsp3) is 0.600. The minimum absolute atomic E-state index is 0.0262. The Morgan fingerprint density at radius 1 is 1.41 bits per heavy atom. The van der Waals surface area contributed by atoms with Gasteiger partial charge in [-0.3, -0.25) is 0 Å². The van der Waals surface area contributed by atoms with Crippen LogP contribution in [-0.4, -0.2) is 48.5 Å². The second kappa shape index (κ2) is 7.77. The lowest BCUT2D eigenvalue weighted by Crippen LogP contribution is -2.13. The van der Waals surface area contributed by atoms with Gasteiger partial charge >= 0.3 is 0 Å². The number of aromatic nitrogens is 2. The van der Waals surface area contributed by atoms with E-state index in [4.69, 9.17) is 20.3 Å². The summed E-state index contributed by atoms with van der Waals surface area (Å²) in [5, 5.41) is 11.6. The third-order valence-electron chi connectivity index (χ3n) is 1.85. The number of nitrogens with one attached hydrogen (secondary N) is 1. The van der Waals surface area contributed by atoms with Crippen molar-refractivity contribution < 1.29 is 14.6 Å². The predicted octanol–water partition coefficient (Wildman–Crippen LogP) is -0.374. The number of ether oxygens (including phenoxy) is 2. The zero-order valence-electron chi connectivity index (χ0n) is 9.85. The van der Waals surface area contributed by atoms with Crippen LogP contribution in [0.3, 0.4) is 0 Å². The molecule has 0 bridgehead atoms. The molecule has 1 aromatic rings. The van der Waals surface area contributed by atoms with E-state index in [1.54, 1.807) is 13.2 Å². The van der Waals surface area contributed by atoms with Gasteiger partial charge in [0.1, 0.15) is 18.2 Å². The first-order chi connectivity index (χ1) is 8.26. The molecule has 0 amide bonds. The summed E-state index contributed by atoms with van der Waals surface area (Å²) in [6, 6.07) is 1.64. The fourth-order valence-corrected chi connectivity index (χ4v) is 1.22. The maximum absolute atomic E-state index is 8.52. The Morgan fingerprint density at radius 2 is 2.24 bits per heavy atom. The van der Waals surface area contributed by atoms with Crippen LogP contribution in [0.25, 0.3) is 0 Å². The highest BCUT2D eigenvalue weighted by molar-refractivity contribution is 5.44. The van der Waals surface area contributed by atoms with Crippen molar-refractivity contribution in [2.24, 2.45) is 0 Å². The van der Waals surface area contributed by atoms with Crippen LogP contribution < -0.4 is 11.1 Å². The van der Waals surface area contributed by atoms with Crippen LogP contribution in [-0.2, 0) is 16.1 Å². The van der Waals surface area contributed by atoms with E-state index in [1.165, 1.54) is 0 Å². The molecule has 0 unspecified atom stereocenters. The number of rotatable bonds is 8. The molecule has 1 rings (SSSR count). The van der Waals surface area contributed by atoms with Crippen LogP contribution in [0.4, 0.5) is 11.6 Å². The van der Waals surface area contributed by atoms with E-state index < -0.39 is 0 Å². The van der Waals surface area contributed by atoms with Crippen molar-refractivity contribution in [3.05, 3.63) is 11.9 Å². The molecule has 0 saturated carbocycles. The van der Waals surface area contributed by atoms with E-state index in [0.29, 0.717) is 43.8 Å². The second-order valence-corrected chi connectivity index (χ2v) is 3.29. The lowest BCUT2D eigenvalue weighted by atomic mass is 10.5. The van der Waals surface area contributed by atoms with Gasteiger partial charge in [0.25, 0.3) is 0 Å². The smallest absolute Gasteiger partial charge is 0.158 e. The number of aliphatic hydroxyl groups excluding tert-OH is 1. The monoisotopic (exact) mass is 242 g/mol. The summed E-state index contributed by atoms with van der Waals surface area (Å²) < 4.78 is 10.0. The minimum atomic E-state index is 0.0262. The Morgan fingerprint density at radius 3 is 2.94 bits per heavy atom. The Bertz CT molecular complexity index is 335. The molecule has 0 radical (unpaired) electrons. The van der Waals surface area contributed by atoms with Gasteiger partial charge < -0.3 is 25.6 Å². The number of anilines is 2. The molecule has 0 aliphatic rings. The van der Waals surface area contributed by atoms with Gasteiger partial charge in [-0.1, -0.05) is 0 Å². The van der Waals surface area contributed by atoms with Crippen LogP contribution in [0, 0.1) is 0 Å². The molecular formula is C10H18N4O3. The van der Waals surface area contributed by atoms with E-state index in [0.717, 1.165) is 0 Å². The van der Waals surface area contributed by atoms with Crippen LogP contribution >= 0.6 is 0 Å². The average Bonchev–Trinajstić information content (AvgIpc) is 2.28. The fourth-order valence-electron chi connectivity index (χ4n) is 1.22. The van der Waals surface area contributed by atoms with Crippen molar-refractivity contribution in [1.82, 2.24) is 9.97 Å². The molecule has 0 saturated heterocycles. The Hall–Kier alpha value is -1.44. The molecule has 96 valence electrons. The van der Waals surface area contributed by atoms with Crippen LogP contribution in [0.1, 0.15) is 5.82 Å².